The van der Waals surface area contributed by atoms with Gasteiger partial charge in [-0.3, -0.25) is 5.25 Å². The van der Waals surface area contributed by atoms with Crippen molar-refractivity contribution >= 4 is 12.6 Å². The zero-order valence-electron chi connectivity index (χ0n) is 2.95. The summed E-state index contributed by atoms with van der Waals surface area (Å²) in [6, 6.07) is 0. The van der Waals surface area contributed by atoms with E-state index in [1.165, 1.54) is 0 Å². The van der Waals surface area contributed by atoms with Crippen molar-refractivity contribution in [3.05, 3.63) is 5.25 Å². The molecule has 0 unspecified atom stereocenters. The minimum atomic E-state index is 1.11. The zero-order valence-corrected chi connectivity index (χ0v) is 3.84. The molecule has 26 valence electrons. The molecule has 0 saturated heterocycles. The molecule has 0 bridgehead atoms. The van der Waals surface area contributed by atoms with Gasteiger partial charge in [0, 0.05) is 0 Å². The number of hydrogen-bond donors (Lipinski definition) is 1. The van der Waals surface area contributed by atoms with Gasteiger partial charge in [0.05, 0.1) is 0 Å². The van der Waals surface area contributed by atoms with Crippen molar-refractivity contribution in [3.8, 4) is 0 Å². The molecule has 0 rings (SSSR count). The lowest BCUT2D eigenvalue weighted by molar-refractivity contribution is 1.35. The third kappa shape index (κ3) is 35.0. The first kappa shape index (κ1) is 4.35. The van der Waals surface area contributed by atoms with Gasteiger partial charge in [-0.15, -0.1) is 0 Å². The molecule has 0 amide bonds. The highest BCUT2D eigenvalue weighted by molar-refractivity contribution is 7.83. The Kier molecular flexibility index (Phi) is 1.79. The monoisotopic (exact) mass is 75.0 g/mol. The second kappa shape index (κ2) is 1.65. The standard InChI is InChI=1S/C3H7S/c1-3(2)4/h4H,1-2H3/q-1. The summed E-state index contributed by atoms with van der Waals surface area (Å²) < 4.78 is 0. The van der Waals surface area contributed by atoms with Crippen molar-refractivity contribution in [1.82, 2.24) is 0 Å². The summed E-state index contributed by atoms with van der Waals surface area (Å²) in [5.74, 6) is 0. The van der Waals surface area contributed by atoms with Gasteiger partial charge in [0.2, 0.25) is 0 Å². The van der Waals surface area contributed by atoms with Crippen LogP contribution >= 0.6 is 12.6 Å². The van der Waals surface area contributed by atoms with Crippen molar-refractivity contribution in [2.75, 3.05) is 0 Å². The minimum Gasteiger partial charge on any atom is -0.367 e. The Morgan fingerprint density at radius 2 is 1.50 bits per heavy atom. The maximum atomic E-state index is 3.88. The summed E-state index contributed by atoms with van der Waals surface area (Å²) in [6.07, 6.45) is 0. The molecule has 0 N–H and O–H groups in total. The van der Waals surface area contributed by atoms with Gasteiger partial charge in [-0.1, -0.05) is 0 Å². The molecular formula is C3H7S-. The molecule has 0 spiro atoms. The van der Waals surface area contributed by atoms with Crippen LogP contribution in [0.1, 0.15) is 13.8 Å². The van der Waals surface area contributed by atoms with E-state index in [-0.39, 0.29) is 0 Å². The fraction of sp³-hybridized carbons (Fsp3) is 0.667. The first-order chi connectivity index (χ1) is 1.73. The fourth-order valence-electron chi connectivity index (χ4n) is 0. The molecule has 4 heavy (non-hydrogen) atoms. The lowest BCUT2D eigenvalue weighted by Gasteiger charge is -1.99. The van der Waals surface area contributed by atoms with Crippen LogP contribution in [-0.4, -0.2) is 0 Å². The molecular weight excluding hydrogens is 68.1 g/mol. The van der Waals surface area contributed by atoms with Gasteiger partial charge in [0.25, 0.3) is 0 Å². The van der Waals surface area contributed by atoms with Crippen molar-refractivity contribution in [2.24, 2.45) is 0 Å². The van der Waals surface area contributed by atoms with E-state index in [9.17, 15) is 0 Å². The first-order valence-corrected chi connectivity index (χ1v) is 1.67. The molecule has 0 fully saturated rings. The van der Waals surface area contributed by atoms with Crippen LogP contribution in [0.4, 0.5) is 0 Å². The Hall–Kier alpha value is 0.350. The first-order valence-electron chi connectivity index (χ1n) is 1.22. The average molecular weight is 75.2 g/mol. The number of rotatable bonds is 0. The van der Waals surface area contributed by atoms with Crippen LogP contribution in [-0.2, 0) is 0 Å². The molecule has 0 aromatic carbocycles. The highest BCUT2D eigenvalue weighted by Crippen LogP contribution is 1.95. The third-order valence-electron chi connectivity index (χ3n) is 0. The number of thiol groups is 1. The van der Waals surface area contributed by atoms with Crippen LogP contribution in [0.3, 0.4) is 0 Å². The van der Waals surface area contributed by atoms with E-state index in [1.54, 1.807) is 0 Å². The maximum Gasteiger partial charge on any atom is -0.181 e. The third-order valence-corrected chi connectivity index (χ3v) is 0. The largest absolute Gasteiger partial charge is 0.367 e. The fourth-order valence-corrected chi connectivity index (χ4v) is 0. The molecule has 0 aromatic rings. The van der Waals surface area contributed by atoms with E-state index in [0.29, 0.717) is 0 Å². The minimum absolute atomic E-state index is 1.11. The van der Waals surface area contributed by atoms with Crippen LogP contribution in [0.25, 0.3) is 0 Å². The molecule has 0 radical (unpaired) electrons. The topological polar surface area (TPSA) is 0 Å². The van der Waals surface area contributed by atoms with E-state index >= 15 is 0 Å². The Balaban J connectivity index is 2.32. The highest BCUT2D eigenvalue weighted by Gasteiger charge is 1.48. The summed E-state index contributed by atoms with van der Waals surface area (Å²) in [7, 11) is 0. The van der Waals surface area contributed by atoms with Crippen LogP contribution < -0.4 is 0 Å². The van der Waals surface area contributed by atoms with E-state index in [1.807, 2.05) is 13.8 Å². The summed E-state index contributed by atoms with van der Waals surface area (Å²) in [5, 5.41) is 1.11. The molecule has 0 aliphatic carbocycles. The van der Waals surface area contributed by atoms with E-state index in [2.05, 4.69) is 12.6 Å². The van der Waals surface area contributed by atoms with Crippen LogP contribution in [0.15, 0.2) is 0 Å². The lowest BCUT2D eigenvalue weighted by Crippen LogP contribution is -1.55. The van der Waals surface area contributed by atoms with Crippen molar-refractivity contribution < 1.29 is 0 Å². The van der Waals surface area contributed by atoms with Gasteiger partial charge < -0.3 is 12.6 Å². The number of hydrogen-bond acceptors (Lipinski definition) is 1. The van der Waals surface area contributed by atoms with E-state index in [4.69, 9.17) is 0 Å². The van der Waals surface area contributed by atoms with Gasteiger partial charge in [0.1, 0.15) is 0 Å². The van der Waals surface area contributed by atoms with Crippen LogP contribution in [0, 0.1) is 5.25 Å². The van der Waals surface area contributed by atoms with Gasteiger partial charge in [0.15, 0.2) is 0 Å². The van der Waals surface area contributed by atoms with Gasteiger partial charge in [-0.25, -0.2) is 0 Å². The van der Waals surface area contributed by atoms with Gasteiger partial charge >= 0.3 is 0 Å². The second-order valence-corrected chi connectivity index (χ2v) is 1.84. The molecule has 0 nitrogen and oxygen atoms in total. The Labute approximate surface area is 32.6 Å². The van der Waals surface area contributed by atoms with Crippen molar-refractivity contribution in [3.63, 3.8) is 0 Å². The molecule has 1 heteroatoms. The second-order valence-electron chi connectivity index (χ2n) is 0.947. The van der Waals surface area contributed by atoms with Crippen LogP contribution in [0.2, 0.25) is 0 Å². The Bertz CT molecular complexity index is 8.00. The maximum absolute atomic E-state index is 3.88. The normalized spacial score (nSPS) is 9.00. The quantitative estimate of drug-likeness (QED) is 0.327. The molecule has 0 saturated carbocycles. The van der Waals surface area contributed by atoms with Crippen molar-refractivity contribution in [2.45, 2.75) is 13.8 Å². The van der Waals surface area contributed by atoms with Crippen molar-refractivity contribution in [1.29, 1.82) is 0 Å². The lowest BCUT2D eigenvalue weighted by atomic mass is 10.6. The highest BCUT2D eigenvalue weighted by atomic mass is 32.1. The van der Waals surface area contributed by atoms with Gasteiger partial charge in [-0.05, 0) is 0 Å². The Morgan fingerprint density at radius 1 is 1.50 bits per heavy atom. The molecule has 0 aromatic heterocycles. The van der Waals surface area contributed by atoms with Crippen LogP contribution in [0.5, 0.6) is 0 Å². The summed E-state index contributed by atoms with van der Waals surface area (Å²) in [6.45, 7) is 3.90. The smallest absolute Gasteiger partial charge is 0.181 e. The van der Waals surface area contributed by atoms with E-state index < -0.39 is 0 Å². The van der Waals surface area contributed by atoms with Gasteiger partial charge in [-0.2, -0.15) is 13.8 Å². The zero-order chi connectivity index (χ0) is 3.58. The SMILES string of the molecule is C[C-](C)S. The summed E-state index contributed by atoms with van der Waals surface area (Å²) in [5.41, 5.74) is 0. The summed E-state index contributed by atoms with van der Waals surface area (Å²) in [4.78, 5) is 0. The molecule has 0 aliphatic rings. The average Bonchev–Trinajstić information content (AvgIpc) is 0.811. The molecule has 0 atom stereocenters. The molecule has 0 heterocycles. The van der Waals surface area contributed by atoms with E-state index in [0.717, 1.165) is 5.25 Å². The predicted molar refractivity (Wildman–Crippen MR) is 23.6 cm³/mol. The summed E-state index contributed by atoms with van der Waals surface area (Å²) >= 11 is 3.88. The molecule has 0 aliphatic heterocycles. The predicted octanol–water partition coefficient (Wildman–Crippen LogP) is 1.49. The Morgan fingerprint density at radius 3 is 1.50 bits per heavy atom.